The van der Waals surface area contributed by atoms with Gasteiger partial charge >= 0.3 is 39.5 Å². The van der Waals surface area contributed by atoms with Crippen LogP contribution < -0.4 is 0 Å². The summed E-state index contributed by atoms with van der Waals surface area (Å²) in [6.07, 6.45) is 54.1. The summed E-state index contributed by atoms with van der Waals surface area (Å²) in [6.45, 7) is 14.2. The molecular formula is C79H154O17P2. The van der Waals surface area contributed by atoms with Gasteiger partial charge in [0.05, 0.1) is 26.4 Å². The minimum Gasteiger partial charge on any atom is -0.462 e. The van der Waals surface area contributed by atoms with Gasteiger partial charge in [0.2, 0.25) is 0 Å². The van der Waals surface area contributed by atoms with Gasteiger partial charge in [0.15, 0.2) is 12.2 Å². The highest BCUT2D eigenvalue weighted by molar-refractivity contribution is 7.47. The largest absolute Gasteiger partial charge is 0.472 e. The van der Waals surface area contributed by atoms with Gasteiger partial charge < -0.3 is 33.8 Å². The van der Waals surface area contributed by atoms with Crippen molar-refractivity contribution in [2.75, 3.05) is 39.6 Å². The van der Waals surface area contributed by atoms with E-state index < -0.39 is 97.5 Å². The van der Waals surface area contributed by atoms with Crippen LogP contribution in [0.5, 0.6) is 0 Å². The lowest BCUT2D eigenvalue weighted by Crippen LogP contribution is -2.30. The molecule has 19 heteroatoms. The highest BCUT2D eigenvalue weighted by Gasteiger charge is 2.30. The molecule has 3 N–H and O–H groups in total. The Kier molecular flexibility index (Phi) is 66.8. The monoisotopic (exact) mass is 1440 g/mol. The third kappa shape index (κ3) is 71.1. The Morgan fingerprint density at radius 3 is 0.724 bits per heavy atom. The first-order valence-electron chi connectivity index (χ1n) is 40.7. The third-order valence-corrected chi connectivity index (χ3v) is 20.6. The molecule has 0 rings (SSSR count). The third-order valence-electron chi connectivity index (χ3n) is 18.7. The number of phosphoric acid groups is 2. The van der Waals surface area contributed by atoms with Crippen LogP contribution in [0.1, 0.15) is 402 Å². The molecule has 0 aromatic heterocycles. The van der Waals surface area contributed by atoms with E-state index >= 15 is 0 Å². The highest BCUT2D eigenvalue weighted by atomic mass is 31.2. The van der Waals surface area contributed by atoms with Gasteiger partial charge in [0.1, 0.15) is 19.3 Å². The van der Waals surface area contributed by atoms with Gasteiger partial charge in [-0.1, -0.05) is 351 Å². The molecule has 0 aliphatic carbocycles. The van der Waals surface area contributed by atoms with Crippen molar-refractivity contribution < 1.29 is 80.2 Å². The molecule has 0 aliphatic rings. The number of rotatable bonds is 76. The molecule has 0 radical (unpaired) electrons. The van der Waals surface area contributed by atoms with E-state index in [9.17, 15) is 43.2 Å². The lowest BCUT2D eigenvalue weighted by molar-refractivity contribution is -0.161. The van der Waals surface area contributed by atoms with E-state index in [1.807, 2.05) is 0 Å². The fourth-order valence-corrected chi connectivity index (χ4v) is 13.6. The van der Waals surface area contributed by atoms with Gasteiger partial charge in [0.25, 0.3) is 0 Å². The molecule has 0 bridgehead atoms. The van der Waals surface area contributed by atoms with Crippen molar-refractivity contribution in [2.24, 2.45) is 23.7 Å². The molecule has 0 amide bonds. The second kappa shape index (κ2) is 68.2. The minimum atomic E-state index is -4.96. The summed E-state index contributed by atoms with van der Waals surface area (Å²) in [5, 5.41) is 10.6. The second-order valence-electron chi connectivity index (χ2n) is 30.1. The summed E-state index contributed by atoms with van der Waals surface area (Å²) < 4.78 is 68.6. The predicted molar refractivity (Wildman–Crippen MR) is 400 cm³/mol. The number of esters is 4. The van der Waals surface area contributed by atoms with Crippen molar-refractivity contribution in [2.45, 2.75) is 420 Å². The molecule has 0 saturated carbocycles. The standard InChI is InChI=1S/C79H154O17P2/c1-9-72(8)58-50-42-34-26-22-23-29-37-46-54-62-79(84)96-75(66-90-77(82)60-52-44-38-30-33-41-49-57-71(6)7)68-94-98(87,88)92-64-73(80)63-91-97(85,86)93-67-74(95-78(83)61-53-45-36-28-21-17-16-19-25-32-40-48-56-70(4)5)65-89-76(81)59-51-43-35-27-20-15-13-11-10-12-14-18-24-31-39-47-55-69(2)3/h69-75,80H,9-68H2,1-8H3,(H,85,86)(H,87,88)/t72?,73?,74-,75-/m1/s1. The molecule has 0 aromatic rings. The first kappa shape index (κ1) is 96.1. The Hall–Kier alpha value is -1.94. The number of phosphoric ester groups is 2. The van der Waals surface area contributed by atoms with Crippen LogP contribution in [0.4, 0.5) is 0 Å². The van der Waals surface area contributed by atoms with Crippen molar-refractivity contribution in [1.82, 2.24) is 0 Å². The quantitative estimate of drug-likeness (QED) is 0.0222. The lowest BCUT2D eigenvalue weighted by Gasteiger charge is -2.21. The molecule has 98 heavy (non-hydrogen) atoms. The van der Waals surface area contributed by atoms with Gasteiger partial charge in [-0.3, -0.25) is 37.3 Å². The van der Waals surface area contributed by atoms with Crippen molar-refractivity contribution in [3.05, 3.63) is 0 Å². The summed E-state index contributed by atoms with van der Waals surface area (Å²) in [4.78, 5) is 72.9. The summed E-state index contributed by atoms with van der Waals surface area (Å²) in [6, 6.07) is 0. The van der Waals surface area contributed by atoms with Crippen LogP contribution in [-0.4, -0.2) is 96.7 Å². The molecule has 0 aliphatic heterocycles. The number of ether oxygens (including phenoxy) is 4. The predicted octanol–water partition coefficient (Wildman–Crippen LogP) is 23.2. The number of carbonyl (C=O) groups excluding carboxylic acids is 4. The Bertz CT molecular complexity index is 1920. The molecule has 4 unspecified atom stereocenters. The highest BCUT2D eigenvalue weighted by Crippen LogP contribution is 2.45. The van der Waals surface area contributed by atoms with Crippen LogP contribution in [-0.2, 0) is 65.4 Å². The number of hydrogen-bond donors (Lipinski definition) is 3. The van der Waals surface area contributed by atoms with E-state index in [0.717, 1.165) is 114 Å². The molecule has 17 nitrogen and oxygen atoms in total. The molecule has 0 aromatic carbocycles. The zero-order valence-corrected chi connectivity index (χ0v) is 66.2. The van der Waals surface area contributed by atoms with Crippen LogP contribution in [0.15, 0.2) is 0 Å². The van der Waals surface area contributed by atoms with Gasteiger partial charge in [-0.2, -0.15) is 0 Å². The number of aliphatic hydroxyl groups is 1. The van der Waals surface area contributed by atoms with E-state index in [4.69, 9.17) is 37.0 Å². The maximum atomic E-state index is 13.1. The average Bonchev–Trinajstić information content (AvgIpc) is 1.19. The summed E-state index contributed by atoms with van der Waals surface area (Å²) in [5.74, 6) is 0.980. The fourth-order valence-electron chi connectivity index (χ4n) is 12.0. The van der Waals surface area contributed by atoms with Crippen molar-refractivity contribution in [3.63, 3.8) is 0 Å². The number of aliphatic hydroxyl groups excluding tert-OH is 1. The van der Waals surface area contributed by atoms with E-state index in [1.54, 1.807) is 0 Å². The zero-order chi connectivity index (χ0) is 72.4. The minimum absolute atomic E-state index is 0.105. The fraction of sp³-hybridized carbons (Fsp3) is 0.949. The SMILES string of the molecule is CCC(C)CCCCCCCCCCCCC(=O)O[C@H](COC(=O)CCCCCCCCCC(C)C)COP(=O)(O)OCC(O)COP(=O)(O)OC[C@@H](COC(=O)CCCCCCCCCCCCCCCCCCC(C)C)OC(=O)CCCCCCCCCCCCCCC(C)C. The molecule has 0 saturated heterocycles. The van der Waals surface area contributed by atoms with Gasteiger partial charge in [-0.25, -0.2) is 9.13 Å². The van der Waals surface area contributed by atoms with Crippen molar-refractivity contribution >= 4 is 39.5 Å². The molecule has 582 valence electrons. The Morgan fingerprint density at radius 2 is 0.490 bits per heavy atom. The normalized spacial score (nSPS) is 14.3. The van der Waals surface area contributed by atoms with Crippen LogP contribution >= 0.6 is 15.6 Å². The smallest absolute Gasteiger partial charge is 0.462 e. The average molecular weight is 1440 g/mol. The van der Waals surface area contributed by atoms with E-state index in [0.29, 0.717) is 31.6 Å². The molecule has 6 atom stereocenters. The zero-order valence-electron chi connectivity index (χ0n) is 64.4. The Labute approximate surface area is 600 Å². The van der Waals surface area contributed by atoms with Crippen LogP contribution in [0.3, 0.4) is 0 Å². The van der Waals surface area contributed by atoms with Gasteiger partial charge in [-0.05, 0) is 49.4 Å². The van der Waals surface area contributed by atoms with E-state index in [2.05, 4.69) is 55.4 Å². The number of unbranched alkanes of at least 4 members (excludes halogenated alkanes) is 41. The van der Waals surface area contributed by atoms with Crippen LogP contribution in [0.2, 0.25) is 0 Å². The van der Waals surface area contributed by atoms with Crippen LogP contribution in [0, 0.1) is 23.7 Å². The second-order valence-corrected chi connectivity index (χ2v) is 33.0. The van der Waals surface area contributed by atoms with E-state index in [-0.39, 0.29) is 25.7 Å². The van der Waals surface area contributed by atoms with Crippen LogP contribution in [0.25, 0.3) is 0 Å². The maximum absolute atomic E-state index is 13.1. The Balaban J connectivity index is 5.24. The van der Waals surface area contributed by atoms with Gasteiger partial charge in [0, 0.05) is 25.7 Å². The summed E-state index contributed by atoms with van der Waals surface area (Å²) >= 11 is 0. The first-order valence-corrected chi connectivity index (χ1v) is 43.7. The van der Waals surface area contributed by atoms with Crippen molar-refractivity contribution in [1.29, 1.82) is 0 Å². The van der Waals surface area contributed by atoms with Gasteiger partial charge in [-0.15, -0.1) is 0 Å². The molecular weight excluding hydrogens is 1280 g/mol. The molecule has 0 spiro atoms. The topological polar surface area (TPSA) is 237 Å². The maximum Gasteiger partial charge on any atom is 0.472 e. The lowest BCUT2D eigenvalue weighted by atomic mass is 9.99. The van der Waals surface area contributed by atoms with Crippen molar-refractivity contribution in [3.8, 4) is 0 Å². The van der Waals surface area contributed by atoms with E-state index in [1.165, 1.54) is 199 Å². The molecule has 0 heterocycles. The summed E-state index contributed by atoms with van der Waals surface area (Å²) in [5.41, 5.74) is 0. The summed E-state index contributed by atoms with van der Waals surface area (Å²) in [7, 11) is -9.92. The first-order chi connectivity index (χ1) is 47.1. The number of hydrogen-bond acceptors (Lipinski definition) is 15. The Morgan fingerprint density at radius 1 is 0.286 bits per heavy atom. The molecule has 0 fully saturated rings. The number of carbonyl (C=O) groups is 4.